The first-order chi connectivity index (χ1) is 16.3. The molecule has 1 aliphatic heterocycles. The largest absolute Gasteiger partial charge is 0.503 e. The maximum absolute atomic E-state index is 13.2. The molecular formula is C25H19ClN2O5S. The van der Waals surface area contributed by atoms with E-state index < -0.39 is 29.5 Å². The number of methoxy groups -OCH3 is 1. The van der Waals surface area contributed by atoms with Crippen LogP contribution in [0.25, 0.3) is 6.08 Å². The minimum Gasteiger partial charge on any atom is -0.503 e. The lowest BCUT2D eigenvalue weighted by atomic mass is 9.96. The molecule has 0 saturated heterocycles. The second-order valence-corrected chi connectivity index (χ2v) is 8.82. The highest BCUT2D eigenvalue weighted by Crippen LogP contribution is 2.43. The van der Waals surface area contributed by atoms with Crippen LogP contribution in [0.1, 0.15) is 32.5 Å². The first-order valence-electron chi connectivity index (χ1n) is 10.2. The summed E-state index contributed by atoms with van der Waals surface area (Å²) in [5, 5.41) is 11.4. The third kappa shape index (κ3) is 4.37. The summed E-state index contributed by atoms with van der Waals surface area (Å²) < 4.78 is 4.79. The second kappa shape index (κ2) is 9.62. The fourth-order valence-corrected chi connectivity index (χ4v) is 4.75. The summed E-state index contributed by atoms with van der Waals surface area (Å²) in [6.45, 7) is 1.62. The number of hydrogen-bond donors (Lipinski definition) is 1. The number of aryl methyl sites for hydroxylation is 1. The fourth-order valence-electron chi connectivity index (χ4n) is 3.61. The SMILES string of the molecule is COC(=O)c1sc(N2C(=O)C(O)=C(C(=O)/C=C/c3ccccc3)[C@H]2c2ccc(Cl)cc2)nc1C. The summed E-state index contributed by atoms with van der Waals surface area (Å²) in [7, 11) is 1.25. The number of carbonyl (C=O) groups excluding carboxylic acids is 3. The first-order valence-corrected chi connectivity index (χ1v) is 11.4. The van der Waals surface area contributed by atoms with Crippen LogP contribution >= 0.6 is 22.9 Å². The second-order valence-electron chi connectivity index (χ2n) is 7.40. The Morgan fingerprint density at radius 2 is 1.82 bits per heavy atom. The Hall–Kier alpha value is -3.75. The number of ketones is 1. The lowest BCUT2D eigenvalue weighted by Crippen LogP contribution is -2.30. The highest BCUT2D eigenvalue weighted by molar-refractivity contribution is 7.17. The van der Waals surface area contributed by atoms with Crippen LogP contribution in [-0.2, 0) is 14.3 Å². The molecular weight excluding hydrogens is 476 g/mol. The van der Waals surface area contributed by atoms with Gasteiger partial charge in [0.05, 0.1) is 24.4 Å². The van der Waals surface area contributed by atoms with Crippen LogP contribution in [0, 0.1) is 6.92 Å². The minimum absolute atomic E-state index is 0.0908. The number of rotatable bonds is 6. The van der Waals surface area contributed by atoms with Gasteiger partial charge in [-0.2, -0.15) is 0 Å². The van der Waals surface area contributed by atoms with E-state index in [9.17, 15) is 19.5 Å². The lowest BCUT2D eigenvalue weighted by molar-refractivity contribution is -0.117. The number of anilines is 1. The van der Waals surface area contributed by atoms with Crippen molar-refractivity contribution in [3.63, 3.8) is 0 Å². The number of aromatic nitrogens is 1. The number of hydrogen-bond acceptors (Lipinski definition) is 7. The molecule has 9 heteroatoms. The van der Waals surface area contributed by atoms with Gasteiger partial charge < -0.3 is 9.84 Å². The van der Waals surface area contributed by atoms with Gasteiger partial charge in [0.1, 0.15) is 4.88 Å². The number of thiazole rings is 1. The molecule has 0 bridgehead atoms. The maximum Gasteiger partial charge on any atom is 0.350 e. The van der Waals surface area contributed by atoms with Crippen LogP contribution in [-0.4, -0.2) is 34.9 Å². The zero-order valence-electron chi connectivity index (χ0n) is 18.2. The molecule has 3 aromatic rings. The van der Waals surface area contributed by atoms with Crippen LogP contribution in [0.4, 0.5) is 5.13 Å². The van der Waals surface area contributed by atoms with E-state index in [1.54, 1.807) is 37.3 Å². The average molecular weight is 495 g/mol. The van der Waals surface area contributed by atoms with E-state index in [0.29, 0.717) is 16.3 Å². The molecule has 0 spiro atoms. The molecule has 34 heavy (non-hydrogen) atoms. The van der Waals surface area contributed by atoms with Crippen molar-refractivity contribution in [3.8, 4) is 0 Å². The number of nitrogens with zero attached hydrogens (tertiary/aromatic N) is 2. The van der Waals surface area contributed by atoms with Crippen molar-refractivity contribution >= 4 is 51.8 Å². The summed E-state index contributed by atoms with van der Waals surface area (Å²) in [5.74, 6) is -2.58. The zero-order chi connectivity index (χ0) is 24.4. The fraction of sp³-hybridized carbons (Fsp3) is 0.120. The molecule has 0 aliphatic carbocycles. The van der Waals surface area contributed by atoms with Crippen molar-refractivity contribution in [2.24, 2.45) is 0 Å². The number of aliphatic hydroxyl groups excluding tert-OH is 1. The van der Waals surface area contributed by atoms with Gasteiger partial charge in [0.15, 0.2) is 16.7 Å². The van der Waals surface area contributed by atoms with Crippen molar-refractivity contribution < 1.29 is 24.2 Å². The number of carbonyl (C=O) groups is 3. The number of esters is 1. The summed E-state index contributed by atoms with van der Waals surface area (Å²) in [4.78, 5) is 44.3. The first kappa shape index (κ1) is 23.4. The van der Waals surface area contributed by atoms with Crippen molar-refractivity contribution in [2.75, 3.05) is 12.0 Å². The van der Waals surface area contributed by atoms with Gasteiger partial charge in [-0.05, 0) is 36.3 Å². The number of aliphatic hydroxyl groups is 1. The molecule has 4 rings (SSSR count). The standard InChI is InChI=1S/C25H19ClN2O5S/c1-14-22(24(32)33-2)34-25(27-14)28-20(16-9-11-17(26)12-10-16)19(21(30)23(28)31)18(29)13-8-15-6-4-3-5-7-15/h3-13,20,30H,1-2H3/b13-8+/t20-/m1/s1. The summed E-state index contributed by atoms with van der Waals surface area (Å²) >= 11 is 6.99. The number of amides is 1. The van der Waals surface area contributed by atoms with E-state index in [-0.39, 0.29) is 15.6 Å². The molecule has 1 amide bonds. The maximum atomic E-state index is 13.2. The van der Waals surface area contributed by atoms with Crippen LogP contribution in [0.15, 0.2) is 72.0 Å². The number of halogens is 1. The molecule has 2 aromatic carbocycles. The molecule has 0 fully saturated rings. The molecule has 1 aliphatic rings. The quantitative estimate of drug-likeness (QED) is 0.379. The molecule has 0 saturated carbocycles. The van der Waals surface area contributed by atoms with Crippen molar-refractivity contribution in [1.82, 2.24) is 4.98 Å². The Morgan fingerprint density at radius 3 is 2.47 bits per heavy atom. The summed E-state index contributed by atoms with van der Waals surface area (Å²) in [6.07, 6.45) is 2.92. The Labute approximate surface area is 204 Å². The van der Waals surface area contributed by atoms with E-state index in [0.717, 1.165) is 16.9 Å². The smallest absolute Gasteiger partial charge is 0.350 e. The molecule has 1 atom stereocenters. The van der Waals surface area contributed by atoms with Crippen LogP contribution in [0.3, 0.4) is 0 Å². The average Bonchev–Trinajstić information content (AvgIpc) is 3.35. The van der Waals surface area contributed by atoms with E-state index in [1.807, 2.05) is 30.3 Å². The summed E-state index contributed by atoms with van der Waals surface area (Å²) in [5.41, 5.74) is 1.62. The third-order valence-corrected chi connectivity index (χ3v) is 6.64. The monoisotopic (exact) mass is 494 g/mol. The highest BCUT2D eigenvalue weighted by Gasteiger charge is 2.45. The van der Waals surface area contributed by atoms with Crippen molar-refractivity contribution in [1.29, 1.82) is 0 Å². The third-order valence-electron chi connectivity index (χ3n) is 5.25. The Balaban J connectivity index is 1.80. The molecule has 1 N–H and O–H groups in total. The normalized spacial score (nSPS) is 15.9. The number of ether oxygens (including phenoxy) is 1. The zero-order valence-corrected chi connectivity index (χ0v) is 19.8. The van der Waals surface area contributed by atoms with Gasteiger partial charge in [-0.1, -0.05) is 71.5 Å². The van der Waals surface area contributed by atoms with Crippen LogP contribution in [0.5, 0.6) is 0 Å². The van der Waals surface area contributed by atoms with E-state index in [4.69, 9.17) is 16.3 Å². The van der Waals surface area contributed by atoms with Crippen LogP contribution < -0.4 is 4.90 Å². The van der Waals surface area contributed by atoms with E-state index in [1.165, 1.54) is 18.1 Å². The van der Waals surface area contributed by atoms with Crippen molar-refractivity contribution in [3.05, 3.63) is 98.7 Å². The predicted octanol–water partition coefficient (Wildman–Crippen LogP) is 5.07. The van der Waals surface area contributed by atoms with Gasteiger partial charge in [-0.3, -0.25) is 14.5 Å². The van der Waals surface area contributed by atoms with Gasteiger partial charge in [-0.15, -0.1) is 0 Å². The number of benzene rings is 2. The van der Waals surface area contributed by atoms with Gasteiger partial charge in [-0.25, -0.2) is 9.78 Å². The molecule has 0 radical (unpaired) electrons. The molecule has 2 heterocycles. The number of allylic oxidation sites excluding steroid dienone is 1. The van der Waals surface area contributed by atoms with Crippen LogP contribution in [0.2, 0.25) is 5.02 Å². The van der Waals surface area contributed by atoms with Crippen molar-refractivity contribution in [2.45, 2.75) is 13.0 Å². The topological polar surface area (TPSA) is 96.8 Å². The van der Waals surface area contributed by atoms with E-state index >= 15 is 0 Å². The Kier molecular flexibility index (Phi) is 6.63. The summed E-state index contributed by atoms with van der Waals surface area (Å²) in [6, 6.07) is 14.8. The molecule has 172 valence electrons. The molecule has 1 aromatic heterocycles. The Bertz CT molecular complexity index is 1330. The van der Waals surface area contributed by atoms with Gasteiger partial charge in [0.25, 0.3) is 5.91 Å². The lowest BCUT2D eigenvalue weighted by Gasteiger charge is -2.24. The van der Waals surface area contributed by atoms with Gasteiger partial charge in [0, 0.05) is 5.02 Å². The Morgan fingerprint density at radius 1 is 1.15 bits per heavy atom. The van der Waals surface area contributed by atoms with Gasteiger partial charge in [0.2, 0.25) is 0 Å². The molecule has 7 nitrogen and oxygen atoms in total. The van der Waals surface area contributed by atoms with E-state index in [2.05, 4.69) is 4.98 Å². The van der Waals surface area contributed by atoms with Gasteiger partial charge >= 0.3 is 5.97 Å². The molecule has 0 unspecified atom stereocenters. The minimum atomic E-state index is -0.964. The predicted molar refractivity (Wildman–Crippen MR) is 130 cm³/mol. The highest BCUT2D eigenvalue weighted by atomic mass is 35.5.